The lowest BCUT2D eigenvalue weighted by Crippen LogP contribution is -2.56. The van der Waals surface area contributed by atoms with Gasteiger partial charge in [-0.05, 0) is 49.4 Å². The largest absolute Gasteiger partial charge is 0.496 e. The van der Waals surface area contributed by atoms with Crippen LogP contribution in [0.5, 0.6) is 5.75 Å². The Labute approximate surface area is 168 Å². The van der Waals surface area contributed by atoms with E-state index in [-0.39, 0.29) is 24.3 Å². The Hall–Kier alpha value is -2.08. The highest BCUT2D eigenvalue weighted by Crippen LogP contribution is 2.26. The third kappa shape index (κ3) is 4.85. The van der Waals surface area contributed by atoms with E-state index in [1.165, 1.54) is 30.4 Å². The van der Waals surface area contributed by atoms with Gasteiger partial charge in [-0.2, -0.15) is 0 Å². The number of hydrogen-bond donors (Lipinski definition) is 2. The normalized spacial score (nSPS) is 21.2. The zero-order chi connectivity index (χ0) is 20.1. The average molecular weight is 388 g/mol. The van der Waals surface area contributed by atoms with Crippen molar-refractivity contribution >= 4 is 11.8 Å². The fourth-order valence-corrected chi connectivity index (χ4v) is 4.35. The summed E-state index contributed by atoms with van der Waals surface area (Å²) in [6, 6.07) is 3.89. The molecule has 1 atom stereocenters. The van der Waals surface area contributed by atoms with E-state index >= 15 is 0 Å². The lowest BCUT2D eigenvalue weighted by atomic mass is 9.95. The van der Waals surface area contributed by atoms with E-state index in [2.05, 4.69) is 35.4 Å². The third-order valence-corrected chi connectivity index (χ3v) is 6.23. The average Bonchev–Trinajstić information content (AvgIpc) is 2.69. The Morgan fingerprint density at radius 3 is 2.68 bits per heavy atom. The second kappa shape index (κ2) is 9.41. The second-order valence-electron chi connectivity index (χ2n) is 8.06. The Morgan fingerprint density at radius 1 is 1.21 bits per heavy atom. The number of piperazine rings is 1. The summed E-state index contributed by atoms with van der Waals surface area (Å²) in [6.07, 6.45) is 5.93. The maximum Gasteiger partial charge on any atom is 0.237 e. The highest BCUT2D eigenvalue weighted by atomic mass is 16.5. The van der Waals surface area contributed by atoms with Gasteiger partial charge in [-0.25, -0.2) is 0 Å². The molecule has 0 aromatic heterocycles. The highest BCUT2D eigenvalue weighted by molar-refractivity contribution is 5.88. The molecule has 1 heterocycles. The molecule has 6 heteroatoms. The number of carbonyl (C=O) groups is 2. The lowest BCUT2D eigenvalue weighted by Gasteiger charge is -2.35. The summed E-state index contributed by atoms with van der Waals surface area (Å²) in [6.45, 7) is 6.16. The monoisotopic (exact) mass is 387 g/mol. The first-order chi connectivity index (χ1) is 13.5. The molecule has 6 nitrogen and oxygen atoms in total. The van der Waals surface area contributed by atoms with Crippen LogP contribution in [0.3, 0.4) is 0 Å². The maximum absolute atomic E-state index is 12.6. The van der Waals surface area contributed by atoms with Gasteiger partial charge < -0.3 is 15.4 Å². The SMILES string of the molecule is COc1ccc(CN2CCNC(=O)[C@H]2CC(=O)NC2CCCCC2)c(C)c1C. The summed E-state index contributed by atoms with van der Waals surface area (Å²) in [5.41, 5.74) is 3.47. The minimum absolute atomic E-state index is 0.0124. The van der Waals surface area contributed by atoms with Gasteiger partial charge in [-0.3, -0.25) is 14.5 Å². The first-order valence-electron chi connectivity index (χ1n) is 10.4. The molecule has 28 heavy (non-hydrogen) atoms. The summed E-state index contributed by atoms with van der Waals surface area (Å²) in [5.74, 6) is 0.815. The van der Waals surface area contributed by atoms with Crippen molar-refractivity contribution in [3.8, 4) is 5.75 Å². The standard InChI is InChI=1S/C22H33N3O3/c1-15-16(2)20(28-3)10-9-17(15)14-25-12-11-23-22(27)19(25)13-21(26)24-18-7-5-4-6-8-18/h9-10,18-19H,4-8,11-14H2,1-3H3,(H,23,27)(H,24,26)/t19-/m1/s1. The second-order valence-corrected chi connectivity index (χ2v) is 8.06. The molecule has 2 aliphatic rings. The molecule has 2 amide bonds. The summed E-state index contributed by atoms with van der Waals surface area (Å²) >= 11 is 0. The molecule has 1 aliphatic carbocycles. The van der Waals surface area contributed by atoms with Crippen LogP contribution >= 0.6 is 0 Å². The van der Waals surface area contributed by atoms with Crippen molar-refractivity contribution in [2.24, 2.45) is 0 Å². The van der Waals surface area contributed by atoms with Gasteiger partial charge in [-0.1, -0.05) is 25.3 Å². The topological polar surface area (TPSA) is 70.7 Å². The number of ether oxygens (including phenoxy) is 1. The quantitative estimate of drug-likeness (QED) is 0.787. The molecule has 1 aromatic rings. The van der Waals surface area contributed by atoms with E-state index < -0.39 is 6.04 Å². The van der Waals surface area contributed by atoms with Crippen molar-refractivity contribution in [1.82, 2.24) is 15.5 Å². The van der Waals surface area contributed by atoms with Crippen LogP contribution in [0.1, 0.15) is 55.2 Å². The van der Waals surface area contributed by atoms with Crippen molar-refractivity contribution in [2.45, 2.75) is 71.0 Å². The predicted octanol–water partition coefficient (Wildman–Crippen LogP) is 2.45. The van der Waals surface area contributed by atoms with Crippen molar-refractivity contribution in [1.29, 1.82) is 0 Å². The van der Waals surface area contributed by atoms with Gasteiger partial charge in [-0.15, -0.1) is 0 Å². The maximum atomic E-state index is 12.6. The summed E-state index contributed by atoms with van der Waals surface area (Å²) < 4.78 is 5.40. The molecule has 2 N–H and O–H groups in total. The van der Waals surface area contributed by atoms with Crippen molar-refractivity contribution < 1.29 is 14.3 Å². The van der Waals surface area contributed by atoms with Gasteiger partial charge in [0.25, 0.3) is 0 Å². The molecule has 0 radical (unpaired) electrons. The third-order valence-electron chi connectivity index (χ3n) is 6.23. The van der Waals surface area contributed by atoms with Crippen molar-refractivity contribution in [2.75, 3.05) is 20.2 Å². The van der Waals surface area contributed by atoms with Gasteiger partial charge in [0.05, 0.1) is 19.6 Å². The minimum atomic E-state index is -0.417. The zero-order valence-corrected chi connectivity index (χ0v) is 17.3. The predicted molar refractivity (Wildman–Crippen MR) is 109 cm³/mol. The molecular formula is C22H33N3O3. The smallest absolute Gasteiger partial charge is 0.237 e. The molecule has 1 aliphatic heterocycles. The van der Waals surface area contributed by atoms with E-state index in [1.807, 2.05) is 6.07 Å². The van der Waals surface area contributed by atoms with Crippen LogP contribution in [0.15, 0.2) is 12.1 Å². The highest BCUT2D eigenvalue weighted by Gasteiger charge is 2.32. The molecule has 154 valence electrons. The first kappa shape index (κ1) is 20.6. The van der Waals surface area contributed by atoms with E-state index in [0.717, 1.165) is 30.7 Å². The first-order valence-corrected chi connectivity index (χ1v) is 10.4. The Bertz CT molecular complexity index is 713. The van der Waals surface area contributed by atoms with Crippen LogP contribution in [0.25, 0.3) is 0 Å². The fourth-order valence-electron chi connectivity index (χ4n) is 4.35. The van der Waals surface area contributed by atoms with Gasteiger partial charge in [0.2, 0.25) is 11.8 Å². The number of methoxy groups -OCH3 is 1. The molecule has 1 aromatic carbocycles. The van der Waals surface area contributed by atoms with Crippen LogP contribution in [0.4, 0.5) is 0 Å². The summed E-state index contributed by atoms with van der Waals surface area (Å²) in [7, 11) is 1.68. The van der Waals surface area contributed by atoms with E-state index in [4.69, 9.17) is 4.74 Å². The van der Waals surface area contributed by atoms with Gasteiger partial charge in [0.15, 0.2) is 0 Å². The number of nitrogens with zero attached hydrogens (tertiary/aromatic N) is 1. The van der Waals surface area contributed by atoms with Crippen LogP contribution in [-0.4, -0.2) is 49.0 Å². The van der Waals surface area contributed by atoms with Crippen molar-refractivity contribution in [3.63, 3.8) is 0 Å². The van der Waals surface area contributed by atoms with Crippen LogP contribution in [0, 0.1) is 13.8 Å². The fraction of sp³-hybridized carbons (Fsp3) is 0.636. The summed E-state index contributed by atoms with van der Waals surface area (Å²) in [4.78, 5) is 27.2. The number of nitrogens with one attached hydrogen (secondary N) is 2. The Kier molecular flexibility index (Phi) is 6.94. The molecule has 2 fully saturated rings. The van der Waals surface area contributed by atoms with Crippen LogP contribution in [-0.2, 0) is 16.1 Å². The lowest BCUT2D eigenvalue weighted by molar-refractivity contribution is -0.134. The van der Waals surface area contributed by atoms with Gasteiger partial charge >= 0.3 is 0 Å². The Morgan fingerprint density at radius 2 is 1.96 bits per heavy atom. The molecule has 3 rings (SSSR count). The van der Waals surface area contributed by atoms with E-state index in [1.54, 1.807) is 7.11 Å². The Balaban J connectivity index is 1.67. The number of hydrogen-bond acceptors (Lipinski definition) is 4. The molecule has 0 bridgehead atoms. The summed E-state index contributed by atoms with van der Waals surface area (Å²) in [5, 5.41) is 6.07. The molecule has 0 spiro atoms. The zero-order valence-electron chi connectivity index (χ0n) is 17.3. The molecule has 0 unspecified atom stereocenters. The number of amides is 2. The van der Waals surface area contributed by atoms with Gasteiger partial charge in [0, 0.05) is 25.7 Å². The van der Waals surface area contributed by atoms with Crippen LogP contribution in [0.2, 0.25) is 0 Å². The molecule has 1 saturated heterocycles. The van der Waals surface area contributed by atoms with Gasteiger partial charge in [0.1, 0.15) is 5.75 Å². The number of benzene rings is 1. The van der Waals surface area contributed by atoms with Crippen LogP contribution < -0.4 is 15.4 Å². The molecular weight excluding hydrogens is 354 g/mol. The number of rotatable bonds is 6. The van der Waals surface area contributed by atoms with Crippen molar-refractivity contribution in [3.05, 3.63) is 28.8 Å². The van der Waals surface area contributed by atoms with E-state index in [0.29, 0.717) is 13.1 Å². The number of carbonyl (C=O) groups excluding carboxylic acids is 2. The minimum Gasteiger partial charge on any atom is -0.496 e. The molecule has 1 saturated carbocycles. The van der Waals surface area contributed by atoms with E-state index in [9.17, 15) is 9.59 Å².